The van der Waals surface area contributed by atoms with Crippen molar-refractivity contribution in [3.05, 3.63) is 76.1 Å². The van der Waals surface area contributed by atoms with E-state index in [9.17, 15) is 4.79 Å². The number of H-pyrrole nitrogens is 2. The number of fused-ring (bicyclic) bond motifs is 2. The minimum absolute atomic E-state index is 0.0587. The van der Waals surface area contributed by atoms with E-state index in [0.29, 0.717) is 24.5 Å². The van der Waals surface area contributed by atoms with Crippen LogP contribution in [0.4, 0.5) is 0 Å². The van der Waals surface area contributed by atoms with Crippen molar-refractivity contribution >= 4 is 11.0 Å². The predicted octanol–water partition coefficient (Wildman–Crippen LogP) is 2.27. The highest BCUT2D eigenvalue weighted by atomic mass is 16.1. The fourth-order valence-corrected chi connectivity index (χ4v) is 3.64. The maximum absolute atomic E-state index is 12.5. The molecule has 0 spiro atoms. The third-order valence-electron chi connectivity index (χ3n) is 4.99. The topological polar surface area (TPSA) is 90.6 Å². The molecule has 2 N–H and O–H groups in total. The second-order valence-electron chi connectivity index (χ2n) is 6.73. The second-order valence-corrected chi connectivity index (χ2v) is 6.73. The molecule has 0 atom stereocenters. The van der Waals surface area contributed by atoms with E-state index in [1.807, 2.05) is 30.5 Å². The molecule has 27 heavy (non-hydrogen) atoms. The van der Waals surface area contributed by atoms with Gasteiger partial charge in [-0.05, 0) is 36.2 Å². The van der Waals surface area contributed by atoms with E-state index in [-0.39, 0.29) is 5.56 Å². The van der Waals surface area contributed by atoms with Crippen LogP contribution in [0.2, 0.25) is 0 Å². The summed E-state index contributed by atoms with van der Waals surface area (Å²) < 4.78 is 0. The molecule has 1 aliphatic rings. The van der Waals surface area contributed by atoms with Gasteiger partial charge in [-0.25, -0.2) is 9.97 Å². The van der Waals surface area contributed by atoms with Crippen LogP contribution in [0.15, 0.2) is 53.7 Å². The fourth-order valence-electron chi connectivity index (χ4n) is 3.64. The number of nitrogens with one attached hydrogen (secondary N) is 2. The molecule has 0 bridgehead atoms. The van der Waals surface area contributed by atoms with Crippen LogP contribution < -0.4 is 5.56 Å². The lowest BCUT2D eigenvalue weighted by atomic mass is 10.1. The first kappa shape index (κ1) is 15.9. The summed E-state index contributed by atoms with van der Waals surface area (Å²) in [6, 6.07) is 9.61. The molecule has 4 aromatic rings. The van der Waals surface area contributed by atoms with Gasteiger partial charge in [0.2, 0.25) is 0 Å². The van der Waals surface area contributed by atoms with Gasteiger partial charge in [0.05, 0.1) is 5.69 Å². The van der Waals surface area contributed by atoms with Crippen molar-refractivity contribution in [3.8, 4) is 11.5 Å². The van der Waals surface area contributed by atoms with Crippen molar-refractivity contribution in [2.45, 2.75) is 19.5 Å². The van der Waals surface area contributed by atoms with Crippen LogP contribution in [0.1, 0.15) is 16.8 Å². The maximum atomic E-state index is 12.5. The number of rotatable bonds is 3. The lowest BCUT2D eigenvalue weighted by Crippen LogP contribution is -2.35. The molecule has 0 fully saturated rings. The van der Waals surface area contributed by atoms with Crippen molar-refractivity contribution in [1.29, 1.82) is 0 Å². The van der Waals surface area contributed by atoms with Crippen molar-refractivity contribution in [2.75, 3.05) is 6.54 Å². The van der Waals surface area contributed by atoms with Gasteiger partial charge < -0.3 is 9.97 Å². The van der Waals surface area contributed by atoms with Crippen molar-refractivity contribution in [2.24, 2.45) is 0 Å². The smallest absolute Gasteiger partial charge is 0.254 e. The minimum Gasteiger partial charge on any atom is -0.346 e. The fraction of sp³-hybridized carbons (Fsp3) is 0.200. The Morgan fingerprint density at radius 1 is 1.11 bits per heavy atom. The molecule has 0 radical (unpaired) electrons. The van der Waals surface area contributed by atoms with Gasteiger partial charge in [0, 0.05) is 49.2 Å². The number of nitrogens with zero attached hydrogens (tertiary/aromatic N) is 4. The minimum atomic E-state index is -0.0587. The average molecular weight is 358 g/mol. The zero-order valence-corrected chi connectivity index (χ0v) is 14.6. The average Bonchev–Trinajstić information content (AvgIpc) is 3.11. The standard InChI is InChI=1S/C20H18N6O/c27-20-15-6-9-26(11-13-10-23-18-14(13)4-3-8-22-18)12-17(15)24-19(25-20)16-5-1-2-7-21-16/h1-5,7-8,10H,6,9,11-12H2,(H,22,23)(H,24,25,27). The third kappa shape index (κ3) is 2.92. The second kappa shape index (κ2) is 6.44. The van der Waals surface area contributed by atoms with Gasteiger partial charge in [-0.3, -0.25) is 14.7 Å². The largest absolute Gasteiger partial charge is 0.346 e. The summed E-state index contributed by atoms with van der Waals surface area (Å²) in [6.07, 6.45) is 6.19. The monoisotopic (exact) mass is 358 g/mol. The summed E-state index contributed by atoms with van der Waals surface area (Å²) in [5, 5.41) is 1.14. The SMILES string of the molecule is O=c1[nH]c(-c2ccccn2)nc2c1CCN(Cc1c[nH]c3ncccc13)C2. The zero-order chi connectivity index (χ0) is 18.2. The first-order valence-corrected chi connectivity index (χ1v) is 8.95. The van der Waals surface area contributed by atoms with Crippen LogP contribution in [0.3, 0.4) is 0 Å². The maximum Gasteiger partial charge on any atom is 0.254 e. The Morgan fingerprint density at radius 2 is 2.04 bits per heavy atom. The molecule has 134 valence electrons. The molecule has 0 saturated heterocycles. The normalized spacial score (nSPS) is 14.4. The van der Waals surface area contributed by atoms with Gasteiger partial charge in [-0.1, -0.05) is 6.07 Å². The summed E-state index contributed by atoms with van der Waals surface area (Å²) in [6.45, 7) is 2.26. The van der Waals surface area contributed by atoms with E-state index in [2.05, 4.69) is 30.9 Å². The highest BCUT2D eigenvalue weighted by molar-refractivity contribution is 5.79. The molecule has 7 nitrogen and oxygen atoms in total. The Hall–Kier alpha value is -3.32. The summed E-state index contributed by atoms with van der Waals surface area (Å²) in [5.74, 6) is 0.525. The lowest BCUT2D eigenvalue weighted by Gasteiger charge is -2.27. The highest BCUT2D eigenvalue weighted by Gasteiger charge is 2.22. The first-order chi connectivity index (χ1) is 13.3. The Balaban J connectivity index is 1.45. The molecular weight excluding hydrogens is 340 g/mol. The highest BCUT2D eigenvalue weighted by Crippen LogP contribution is 2.22. The number of hydrogen-bond donors (Lipinski definition) is 2. The van der Waals surface area contributed by atoms with Gasteiger partial charge in [0.25, 0.3) is 5.56 Å². The van der Waals surface area contributed by atoms with E-state index < -0.39 is 0 Å². The Morgan fingerprint density at radius 3 is 2.93 bits per heavy atom. The van der Waals surface area contributed by atoms with Gasteiger partial charge in [0.1, 0.15) is 11.3 Å². The Labute approximate surface area is 155 Å². The zero-order valence-electron chi connectivity index (χ0n) is 14.6. The summed E-state index contributed by atoms with van der Waals surface area (Å²) >= 11 is 0. The van der Waals surface area contributed by atoms with Crippen LogP contribution in [0, 0.1) is 0 Å². The molecule has 5 rings (SSSR count). The quantitative estimate of drug-likeness (QED) is 0.586. The lowest BCUT2D eigenvalue weighted by molar-refractivity contribution is 0.241. The molecule has 0 amide bonds. The summed E-state index contributed by atoms with van der Waals surface area (Å²) in [7, 11) is 0. The number of aromatic nitrogens is 5. The summed E-state index contributed by atoms with van der Waals surface area (Å²) in [5.41, 5.74) is 4.34. The molecule has 0 saturated carbocycles. The van der Waals surface area contributed by atoms with Gasteiger partial charge in [-0.2, -0.15) is 0 Å². The molecule has 0 aliphatic carbocycles. The van der Waals surface area contributed by atoms with Gasteiger partial charge in [0.15, 0.2) is 5.82 Å². The molecule has 0 aromatic carbocycles. The molecule has 7 heteroatoms. The Kier molecular flexibility index (Phi) is 3.79. The van der Waals surface area contributed by atoms with E-state index in [4.69, 9.17) is 4.98 Å². The van der Waals surface area contributed by atoms with Crippen molar-refractivity contribution < 1.29 is 0 Å². The molecule has 1 aliphatic heterocycles. The summed E-state index contributed by atoms with van der Waals surface area (Å²) in [4.78, 5) is 34.3. The molecule has 5 heterocycles. The van der Waals surface area contributed by atoms with Crippen molar-refractivity contribution in [3.63, 3.8) is 0 Å². The van der Waals surface area contributed by atoms with Crippen LogP contribution in [-0.4, -0.2) is 36.4 Å². The molecular formula is C20H18N6O. The van der Waals surface area contributed by atoms with Crippen LogP contribution in [0.25, 0.3) is 22.6 Å². The van der Waals surface area contributed by atoms with E-state index in [1.54, 1.807) is 12.4 Å². The van der Waals surface area contributed by atoms with E-state index >= 15 is 0 Å². The number of pyridine rings is 2. The van der Waals surface area contributed by atoms with Gasteiger partial charge >= 0.3 is 0 Å². The molecule has 0 unspecified atom stereocenters. The Bertz CT molecular complexity index is 1160. The van der Waals surface area contributed by atoms with Crippen LogP contribution in [0.5, 0.6) is 0 Å². The van der Waals surface area contributed by atoms with Crippen molar-refractivity contribution in [1.82, 2.24) is 29.8 Å². The van der Waals surface area contributed by atoms with Crippen LogP contribution >= 0.6 is 0 Å². The van der Waals surface area contributed by atoms with Gasteiger partial charge in [-0.15, -0.1) is 0 Å². The first-order valence-electron chi connectivity index (χ1n) is 8.95. The number of aromatic amines is 2. The predicted molar refractivity (Wildman–Crippen MR) is 102 cm³/mol. The van der Waals surface area contributed by atoms with E-state index in [0.717, 1.165) is 35.4 Å². The molecule has 4 aromatic heterocycles. The van der Waals surface area contributed by atoms with Crippen LogP contribution in [-0.2, 0) is 19.5 Å². The third-order valence-corrected chi connectivity index (χ3v) is 4.99. The van der Waals surface area contributed by atoms with E-state index in [1.165, 1.54) is 5.56 Å². The number of hydrogen-bond acceptors (Lipinski definition) is 5.